The van der Waals surface area contributed by atoms with Crippen LogP contribution in [0.5, 0.6) is 0 Å². The predicted molar refractivity (Wildman–Crippen MR) is 137 cm³/mol. The molecule has 5 nitrogen and oxygen atoms in total. The Morgan fingerprint density at radius 2 is 2.00 bits per heavy atom. The van der Waals surface area contributed by atoms with E-state index in [1.807, 2.05) is 0 Å². The molecule has 0 unspecified atom stereocenters. The Morgan fingerprint density at radius 3 is 2.69 bits per heavy atom. The van der Waals surface area contributed by atoms with Crippen molar-refractivity contribution in [3.05, 3.63) is 53.7 Å². The lowest BCUT2D eigenvalue weighted by atomic mass is 9.60. The molecule has 0 aromatic rings. The van der Waals surface area contributed by atoms with Gasteiger partial charge in [-0.05, 0) is 92.1 Å². The third kappa shape index (κ3) is 5.23. The highest BCUT2D eigenvalue weighted by Gasteiger charge is 2.51. The highest BCUT2D eigenvalue weighted by molar-refractivity contribution is 5.91. The fourth-order valence-electron chi connectivity index (χ4n) is 7.61. The van der Waals surface area contributed by atoms with Crippen molar-refractivity contribution in [3.63, 3.8) is 0 Å². The van der Waals surface area contributed by atoms with Crippen LogP contribution in [0, 0.1) is 35.2 Å². The first-order chi connectivity index (χ1) is 16.7. The van der Waals surface area contributed by atoms with Crippen molar-refractivity contribution in [1.29, 1.82) is 0 Å². The number of carbonyl (C=O) groups is 1. The summed E-state index contributed by atoms with van der Waals surface area (Å²) < 4.78 is 5.45. The van der Waals surface area contributed by atoms with E-state index in [0.29, 0.717) is 54.6 Å². The zero-order chi connectivity index (χ0) is 25.3. The van der Waals surface area contributed by atoms with Gasteiger partial charge in [-0.25, -0.2) is 4.79 Å². The van der Waals surface area contributed by atoms with Crippen LogP contribution in [-0.2, 0) is 9.53 Å². The molecular weight excluding hydrogens is 440 g/mol. The minimum atomic E-state index is -0.762. The molecule has 0 bridgehead atoms. The van der Waals surface area contributed by atoms with E-state index in [2.05, 4.69) is 39.2 Å². The van der Waals surface area contributed by atoms with Crippen molar-refractivity contribution in [2.75, 3.05) is 6.61 Å². The molecule has 3 aliphatic carbocycles. The van der Waals surface area contributed by atoms with E-state index < -0.39 is 12.2 Å². The molecule has 3 N–H and O–H groups in total. The van der Waals surface area contributed by atoms with Gasteiger partial charge in [0.15, 0.2) is 6.10 Å². The minimum Gasteiger partial charge on any atom is -0.451 e. The molecule has 4 fully saturated rings. The maximum absolute atomic E-state index is 11.7. The maximum atomic E-state index is 11.7. The van der Waals surface area contributed by atoms with Gasteiger partial charge in [0.1, 0.15) is 0 Å². The van der Waals surface area contributed by atoms with Crippen LogP contribution in [0.15, 0.2) is 47.6 Å². The largest absolute Gasteiger partial charge is 0.451 e. The minimum absolute atomic E-state index is 0.0662. The number of allylic oxidation sites excluding steroid dienone is 3. The Labute approximate surface area is 210 Å². The normalized spacial score (nSPS) is 39.3. The Hall–Kier alpha value is -1.69. The van der Waals surface area contributed by atoms with E-state index in [1.54, 1.807) is 0 Å². The number of rotatable bonds is 7. The summed E-state index contributed by atoms with van der Waals surface area (Å²) in [7, 11) is 0. The molecule has 0 aromatic heterocycles. The number of carbonyl (C=O) groups excluding carboxylic acids is 1. The Bertz CT molecular complexity index is 884. The molecule has 4 rings (SSSR count). The van der Waals surface area contributed by atoms with Crippen LogP contribution in [0.25, 0.3) is 0 Å². The first kappa shape index (κ1) is 26.4. The van der Waals surface area contributed by atoms with E-state index >= 15 is 0 Å². The summed E-state index contributed by atoms with van der Waals surface area (Å²) in [6, 6.07) is 0. The van der Waals surface area contributed by atoms with Gasteiger partial charge in [0.2, 0.25) is 0 Å². The van der Waals surface area contributed by atoms with Crippen LogP contribution in [0.1, 0.15) is 78.1 Å². The van der Waals surface area contributed by atoms with E-state index in [0.717, 1.165) is 24.5 Å². The van der Waals surface area contributed by atoms with Gasteiger partial charge >= 0.3 is 5.97 Å². The zero-order valence-corrected chi connectivity index (χ0v) is 21.5. The summed E-state index contributed by atoms with van der Waals surface area (Å²) in [6.07, 6.45) is 12.8. The molecule has 3 saturated carbocycles. The maximum Gasteiger partial charge on any atom is 0.334 e. The van der Waals surface area contributed by atoms with E-state index in [1.165, 1.54) is 31.3 Å². The molecular formula is C30H43O5. The quantitative estimate of drug-likeness (QED) is 0.343. The molecule has 35 heavy (non-hydrogen) atoms. The third-order valence-electron chi connectivity index (χ3n) is 9.50. The molecule has 0 aromatic carbocycles. The third-order valence-corrected chi connectivity index (χ3v) is 9.50. The Balaban J connectivity index is 1.45. The van der Waals surface area contributed by atoms with E-state index in [9.17, 15) is 15.0 Å². The van der Waals surface area contributed by atoms with Gasteiger partial charge in [-0.2, -0.15) is 0 Å². The fraction of sp³-hybridized carbons (Fsp3) is 0.667. The number of hydrogen-bond donors (Lipinski definition) is 3. The lowest BCUT2D eigenvalue weighted by molar-refractivity contribution is -0.135. The lowest BCUT2D eigenvalue weighted by Crippen LogP contribution is -2.38. The number of aliphatic hydroxyl groups excluding tert-OH is 3. The number of cyclic esters (lactones) is 1. The van der Waals surface area contributed by atoms with Crippen LogP contribution in [0.4, 0.5) is 0 Å². The lowest BCUT2D eigenvalue weighted by Gasteiger charge is -2.44. The van der Waals surface area contributed by atoms with Crippen LogP contribution in [0.2, 0.25) is 0 Å². The van der Waals surface area contributed by atoms with Crippen molar-refractivity contribution in [2.45, 2.75) is 90.3 Å². The second-order valence-electron chi connectivity index (χ2n) is 11.7. The molecule has 0 spiro atoms. The van der Waals surface area contributed by atoms with Crippen molar-refractivity contribution >= 4 is 5.97 Å². The first-order valence-electron chi connectivity index (χ1n) is 13.5. The summed E-state index contributed by atoms with van der Waals surface area (Å²) in [4.78, 5) is 11.7. The van der Waals surface area contributed by atoms with Gasteiger partial charge in [0, 0.05) is 24.5 Å². The molecule has 193 valence electrons. The Morgan fingerprint density at radius 1 is 1.23 bits per heavy atom. The van der Waals surface area contributed by atoms with Crippen molar-refractivity contribution in [2.24, 2.45) is 29.1 Å². The molecule has 1 saturated heterocycles. The van der Waals surface area contributed by atoms with Crippen molar-refractivity contribution in [3.8, 4) is 0 Å². The monoisotopic (exact) mass is 483 g/mol. The Kier molecular flexibility index (Phi) is 8.09. The number of hydrogen-bond acceptors (Lipinski definition) is 5. The van der Waals surface area contributed by atoms with Gasteiger partial charge in [-0.15, -0.1) is 0 Å². The number of ether oxygens (including phenoxy) is 1. The number of aliphatic hydroxyl groups is 3. The molecule has 4 aliphatic rings. The molecule has 1 radical (unpaired) electrons. The van der Waals surface area contributed by atoms with Crippen LogP contribution in [0.3, 0.4) is 0 Å². The second kappa shape index (κ2) is 10.7. The smallest absolute Gasteiger partial charge is 0.334 e. The summed E-state index contributed by atoms with van der Waals surface area (Å²) >= 11 is 0. The highest BCUT2D eigenvalue weighted by Crippen LogP contribution is 2.60. The van der Waals surface area contributed by atoms with Gasteiger partial charge in [0.25, 0.3) is 0 Å². The van der Waals surface area contributed by atoms with Crippen LogP contribution < -0.4 is 0 Å². The summed E-state index contributed by atoms with van der Waals surface area (Å²) in [5.74, 6) is 1.05. The predicted octanol–water partition coefficient (Wildman–Crippen LogP) is 5.19. The number of fused-ring (bicyclic) bond motifs is 1. The molecule has 1 heterocycles. The van der Waals surface area contributed by atoms with Crippen LogP contribution in [-0.4, -0.2) is 40.1 Å². The average Bonchev–Trinajstić information content (AvgIpc) is 3.33. The second-order valence-corrected chi connectivity index (χ2v) is 11.7. The SMILES string of the molecule is C=C1C[C](C[C@@H](C)[C@H]2CC[C@H]3/C(=C/C=C4/C[C@H](O)[C@H](CCCO)[C@@H](O)C4=C)CCC[C@]23C)OC1=O. The van der Waals surface area contributed by atoms with Crippen LogP contribution >= 0.6 is 0 Å². The molecule has 7 atom stereocenters. The highest BCUT2D eigenvalue weighted by atomic mass is 16.5. The topological polar surface area (TPSA) is 87.0 Å². The van der Waals surface area contributed by atoms with E-state index in [4.69, 9.17) is 9.84 Å². The summed E-state index contributed by atoms with van der Waals surface area (Å²) in [5.41, 5.74) is 3.93. The van der Waals surface area contributed by atoms with Gasteiger partial charge in [0.05, 0.1) is 12.2 Å². The molecule has 5 heteroatoms. The van der Waals surface area contributed by atoms with Gasteiger partial charge in [-0.1, -0.05) is 44.7 Å². The van der Waals surface area contributed by atoms with Crippen molar-refractivity contribution in [1.82, 2.24) is 0 Å². The first-order valence-corrected chi connectivity index (χ1v) is 13.5. The number of esters is 1. The zero-order valence-electron chi connectivity index (χ0n) is 21.5. The van der Waals surface area contributed by atoms with E-state index in [-0.39, 0.29) is 23.9 Å². The fourth-order valence-corrected chi connectivity index (χ4v) is 7.61. The van der Waals surface area contributed by atoms with Gasteiger partial charge in [-0.3, -0.25) is 0 Å². The molecule has 0 amide bonds. The summed E-state index contributed by atoms with van der Waals surface area (Å²) in [5, 5.41) is 30.5. The van der Waals surface area contributed by atoms with Gasteiger partial charge < -0.3 is 20.1 Å². The average molecular weight is 484 g/mol. The summed E-state index contributed by atoms with van der Waals surface area (Å²) in [6.45, 7) is 12.8. The molecule has 1 aliphatic heterocycles. The standard InChI is InChI=1S/C30H43O5/c1-18(15-23-16-19(2)29(34)35-23)25-11-12-26-21(7-5-13-30(25,26)4)9-10-22-17-27(32)24(8-6-14-31)28(33)20(22)3/h9-10,18,24-28,31-33H,2-3,5-8,11-17H2,1,4H3/b21-9+,22-10-/t18-,24+,25-,26+,27+,28+,30-/m1/s1. The van der Waals surface area contributed by atoms with Crippen molar-refractivity contribution < 1.29 is 24.9 Å².